The number of benzene rings is 2. The first-order chi connectivity index (χ1) is 8.08. The Labute approximate surface area is 98.8 Å². The highest BCUT2D eigenvalue weighted by Crippen LogP contribution is 2.22. The molecule has 0 aliphatic heterocycles. The van der Waals surface area contributed by atoms with Crippen molar-refractivity contribution < 1.29 is 9.90 Å². The largest absolute Gasteiger partial charge is 0.480 e. The summed E-state index contributed by atoms with van der Waals surface area (Å²) in [6, 6.07) is 10.5. The maximum Gasteiger partial charge on any atom is 0.320 e. The molecule has 1 atom stereocenters. The quantitative estimate of drug-likeness (QED) is 0.695. The van der Waals surface area contributed by atoms with E-state index in [4.69, 9.17) is 16.6 Å². The molecular formula is C13H14N2O2. The number of carbonyl (C=O) groups is 1. The minimum atomic E-state index is -0.988. The van der Waals surface area contributed by atoms with Crippen LogP contribution in [-0.4, -0.2) is 17.1 Å². The van der Waals surface area contributed by atoms with Crippen LogP contribution in [0.25, 0.3) is 10.8 Å². The maximum atomic E-state index is 10.7. The highest BCUT2D eigenvalue weighted by molar-refractivity contribution is 5.93. The molecule has 0 radical (unpaired) electrons. The Kier molecular flexibility index (Phi) is 2.97. The summed E-state index contributed by atoms with van der Waals surface area (Å²) in [6.45, 7) is 0. The minimum Gasteiger partial charge on any atom is -0.480 e. The Morgan fingerprint density at radius 3 is 2.76 bits per heavy atom. The second-order valence-corrected chi connectivity index (χ2v) is 4.05. The zero-order valence-corrected chi connectivity index (χ0v) is 9.26. The average Bonchev–Trinajstić information content (AvgIpc) is 2.29. The van der Waals surface area contributed by atoms with Gasteiger partial charge in [0.15, 0.2) is 0 Å². The van der Waals surface area contributed by atoms with Crippen molar-refractivity contribution in [2.24, 2.45) is 5.73 Å². The third-order valence-electron chi connectivity index (χ3n) is 2.75. The van der Waals surface area contributed by atoms with Crippen molar-refractivity contribution in [3.05, 3.63) is 42.0 Å². The number of fused-ring (bicyclic) bond motifs is 1. The standard InChI is InChI=1S/C13H14N2O2/c14-11-3-1-2-9-6-8(4-5-10(9)11)7-12(15)13(16)17/h1-6,12H,7,14-15H2,(H,16,17)/t12-/m0/s1. The van der Waals surface area contributed by atoms with Gasteiger partial charge in [0.1, 0.15) is 6.04 Å². The fourth-order valence-corrected chi connectivity index (χ4v) is 1.83. The lowest BCUT2D eigenvalue weighted by molar-refractivity contribution is -0.138. The van der Waals surface area contributed by atoms with Crippen LogP contribution in [0.5, 0.6) is 0 Å². The molecule has 0 aromatic heterocycles. The van der Waals surface area contributed by atoms with E-state index < -0.39 is 12.0 Å². The van der Waals surface area contributed by atoms with Gasteiger partial charge in [0.05, 0.1) is 0 Å². The third-order valence-corrected chi connectivity index (χ3v) is 2.75. The molecule has 2 aromatic carbocycles. The molecule has 0 bridgehead atoms. The van der Waals surface area contributed by atoms with E-state index in [1.807, 2.05) is 36.4 Å². The number of carboxylic acid groups (broad SMARTS) is 1. The van der Waals surface area contributed by atoms with Gasteiger partial charge in [-0.15, -0.1) is 0 Å². The van der Waals surface area contributed by atoms with Crippen molar-refractivity contribution in [1.82, 2.24) is 0 Å². The Bertz CT molecular complexity index is 566. The van der Waals surface area contributed by atoms with Crippen LogP contribution < -0.4 is 11.5 Å². The number of hydrogen-bond acceptors (Lipinski definition) is 3. The Balaban J connectivity index is 2.35. The molecule has 0 saturated carbocycles. The molecular weight excluding hydrogens is 216 g/mol. The molecule has 0 aliphatic rings. The summed E-state index contributed by atoms with van der Waals surface area (Å²) in [6.07, 6.45) is 0.320. The monoisotopic (exact) mass is 230 g/mol. The zero-order chi connectivity index (χ0) is 12.4. The van der Waals surface area contributed by atoms with Crippen molar-refractivity contribution in [3.8, 4) is 0 Å². The van der Waals surface area contributed by atoms with Crippen LogP contribution in [0.4, 0.5) is 5.69 Å². The van der Waals surface area contributed by atoms with Gasteiger partial charge in [-0.05, 0) is 23.4 Å². The number of aliphatic carboxylic acids is 1. The van der Waals surface area contributed by atoms with Crippen molar-refractivity contribution in [2.45, 2.75) is 12.5 Å². The summed E-state index contributed by atoms with van der Waals surface area (Å²) in [5.74, 6) is -0.988. The van der Waals surface area contributed by atoms with Gasteiger partial charge in [0, 0.05) is 11.1 Å². The summed E-state index contributed by atoms with van der Waals surface area (Å²) in [4.78, 5) is 10.7. The minimum absolute atomic E-state index is 0.320. The second-order valence-electron chi connectivity index (χ2n) is 4.05. The molecule has 0 spiro atoms. The molecule has 4 nitrogen and oxygen atoms in total. The normalized spacial score (nSPS) is 12.5. The lowest BCUT2D eigenvalue weighted by Gasteiger charge is -2.08. The van der Waals surface area contributed by atoms with Gasteiger partial charge in [0.25, 0.3) is 0 Å². The third kappa shape index (κ3) is 2.37. The molecule has 4 heteroatoms. The average molecular weight is 230 g/mol. The van der Waals surface area contributed by atoms with E-state index in [0.29, 0.717) is 6.42 Å². The van der Waals surface area contributed by atoms with E-state index in [9.17, 15) is 4.79 Å². The molecule has 88 valence electrons. The van der Waals surface area contributed by atoms with Gasteiger partial charge in [-0.2, -0.15) is 0 Å². The lowest BCUT2D eigenvalue weighted by Crippen LogP contribution is -2.32. The number of anilines is 1. The lowest BCUT2D eigenvalue weighted by atomic mass is 10.0. The molecule has 0 saturated heterocycles. The summed E-state index contributed by atoms with van der Waals surface area (Å²) in [5.41, 5.74) is 13.0. The molecule has 2 aromatic rings. The predicted octanol–water partition coefficient (Wildman–Crippen LogP) is 1.38. The van der Waals surface area contributed by atoms with Crippen LogP contribution in [0.15, 0.2) is 36.4 Å². The number of nitrogens with two attached hydrogens (primary N) is 2. The van der Waals surface area contributed by atoms with Gasteiger partial charge < -0.3 is 16.6 Å². The Morgan fingerprint density at radius 1 is 1.29 bits per heavy atom. The van der Waals surface area contributed by atoms with Crippen LogP contribution in [-0.2, 0) is 11.2 Å². The van der Waals surface area contributed by atoms with Gasteiger partial charge in [-0.25, -0.2) is 0 Å². The number of carboxylic acids is 1. The van der Waals surface area contributed by atoms with E-state index in [2.05, 4.69) is 0 Å². The fraction of sp³-hybridized carbons (Fsp3) is 0.154. The van der Waals surface area contributed by atoms with E-state index in [0.717, 1.165) is 22.0 Å². The number of nitrogen functional groups attached to an aromatic ring is 1. The number of hydrogen-bond donors (Lipinski definition) is 3. The number of rotatable bonds is 3. The SMILES string of the molecule is Nc1cccc2cc(C[C@H](N)C(=O)O)ccc12. The summed E-state index contributed by atoms with van der Waals surface area (Å²) < 4.78 is 0. The van der Waals surface area contributed by atoms with Crippen molar-refractivity contribution in [1.29, 1.82) is 0 Å². The van der Waals surface area contributed by atoms with Gasteiger partial charge >= 0.3 is 5.97 Å². The predicted molar refractivity (Wildman–Crippen MR) is 67.7 cm³/mol. The molecule has 2 rings (SSSR count). The van der Waals surface area contributed by atoms with Gasteiger partial charge in [-0.3, -0.25) is 4.79 Å². The van der Waals surface area contributed by atoms with Crippen LogP contribution in [0.1, 0.15) is 5.56 Å². The molecule has 0 heterocycles. The molecule has 17 heavy (non-hydrogen) atoms. The van der Waals surface area contributed by atoms with Crippen molar-refractivity contribution in [2.75, 3.05) is 5.73 Å². The molecule has 0 aliphatic carbocycles. The van der Waals surface area contributed by atoms with Crippen LogP contribution in [0.3, 0.4) is 0 Å². The van der Waals surface area contributed by atoms with Crippen molar-refractivity contribution >= 4 is 22.4 Å². The highest BCUT2D eigenvalue weighted by atomic mass is 16.4. The first-order valence-corrected chi connectivity index (χ1v) is 5.33. The summed E-state index contributed by atoms with van der Waals surface area (Å²) in [5, 5.41) is 10.7. The molecule has 0 unspecified atom stereocenters. The topological polar surface area (TPSA) is 89.3 Å². The van der Waals surface area contributed by atoms with Gasteiger partial charge in [0.2, 0.25) is 0 Å². The highest BCUT2D eigenvalue weighted by Gasteiger charge is 2.12. The van der Waals surface area contributed by atoms with E-state index in [-0.39, 0.29) is 0 Å². The fourth-order valence-electron chi connectivity index (χ4n) is 1.83. The zero-order valence-electron chi connectivity index (χ0n) is 9.26. The van der Waals surface area contributed by atoms with Crippen LogP contribution >= 0.6 is 0 Å². The van der Waals surface area contributed by atoms with E-state index in [1.165, 1.54) is 0 Å². The summed E-state index contributed by atoms with van der Waals surface area (Å²) in [7, 11) is 0. The Hall–Kier alpha value is -2.07. The van der Waals surface area contributed by atoms with E-state index in [1.54, 1.807) is 0 Å². The van der Waals surface area contributed by atoms with Gasteiger partial charge in [-0.1, -0.05) is 30.3 Å². The molecule has 5 N–H and O–H groups in total. The smallest absolute Gasteiger partial charge is 0.320 e. The molecule has 0 amide bonds. The van der Waals surface area contributed by atoms with Crippen LogP contribution in [0, 0.1) is 0 Å². The summed E-state index contributed by atoms with van der Waals surface area (Å²) >= 11 is 0. The van der Waals surface area contributed by atoms with E-state index >= 15 is 0 Å². The first kappa shape index (κ1) is 11.4. The molecule has 0 fully saturated rings. The Morgan fingerprint density at radius 2 is 2.06 bits per heavy atom. The van der Waals surface area contributed by atoms with Crippen molar-refractivity contribution in [3.63, 3.8) is 0 Å². The van der Waals surface area contributed by atoms with Crippen LogP contribution in [0.2, 0.25) is 0 Å². The maximum absolute atomic E-state index is 10.7. The second kappa shape index (κ2) is 4.43. The first-order valence-electron chi connectivity index (χ1n) is 5.33.